The summed E-state index contributed by atoms with van der Waals surface area (Å²) in [5.74, 6) is -0.393. The van der Waals surface area contributed by atoms with Crippen LogP contribution >= 0.6 is 0 Å². The van der Waals surface area contributed by atoms with Crippen LogP contribution in [0.25, 0.3) is 6.08 Å². The molecule has 164 valence electrons. The van der Waals surface area contributed by atoms with E-state index in [2.05, 4.69) is 15.0 Å². The molecule has 1 aromatic heterocycles. The van der Waals surface area contributed by atoms with Gasteiger partial charge in [0.2, 0.25) is 0 Å². The zero-order valence-corrected chi connectivity index (χ0v) is 17.6. The highest BCUT2D eigenvalue weighted by atomic mass is 32.2. The Bertz CT molecular complexity index is 1070. The number of anilines is 1. The average molecular weight is 445 g/mol. The Kier molecular flexibility index (Phi) is 7.60. The number of amides is 1. The summed E-state index contributed by atoms with van der Waals surface area (Å²) in [6.45, 7) is 0.0801. The Morgan fingerprint density at radius 3 is 2.84 bits per heavy atom. The van der Waals surface area contributed by atoms with Crippen molar-refractivity contribution < 1.29 is 27.2 Å². The van der Waals surface area contributed by atoms with E-state index in [9.17, 15) is 18.0 Å². The molecule has 31 heavy (non-hydrogen) atoms. The van der Waals surface area contributed by atoms with Gasteiger partial charge in [-0.1, -0.05) is 12.5 Å². The molecule has 0 bridgehead atoms. The zero-order valence-electron chi connectivity index (χ0n) is 16.7. The van der Waals surface area contributed by atoms with Crippen molar-refractivity contribution in [1.82, 2.24) is 4.72 Å². The topological polar surface area (TPSA) is 127 Å². The normalized spacial score (nSPS) is 14.5. The second kappa shape index (κ2) is 10.6. The fourth-order valence-corrected chi connectivity index (χ4v) is 3.97. The Morgan fingerprint density at radius 1 is 1.16 bits per heavy atom. The molecule has 1 aliphatic rings. The summed E-state index contributed by atoms with van der Waals surface area (Å²) in [5.41, 5.74) is 0.262. The lowest BCUT2D eigenvalue weighted by Crippen LogP contribution is -2.30. The molecule has 0 radical (unpaired) electrons. The molecule has 1 aromatic carbocycles. The third-order valence-corrected chi connectivity index (χ3v) is 5.71. The molecule has 0 saturated heterocycles. The first-order chi connectivity index (χ1) is 14.9. The summed E-state index contributed by atoms with van der Waals surface area (Å²) in [6.07, 6.45) is 7.44. The van der Waals surface area contributed by atoms with Crippen LogP contribution in [0.4, 0.5) is 5.69 Å². The van der Waals surface area contributed by atoms with Crippen molar-refractivity contribution >= 4 is 39.5 Å². The minimum absolute atomic E-state index is 0.00405. The molecular formula is C21H23N3O6S. The van der Waals surface area contributed by atoms with E-state index >= 15 is 0 Å². The Balaban J connectivity index is 1.55. The number of rotatable bonds is 7. The fraction of sp³-hybridized carbons (Fsp3) is 0.286. The SMILES string of the molecule is O=C(COC(=O)/C=C/c1ccco1)Nc1cccc(S(=O)(=O)NC2=NCCCCC2)c1. The van der Waals surface area contributed by atoms with Gasteiger partial charge in [-0.05, 0) is 49.2 Å². The lowest BCUT2D eigenvalue weighted by Gasteiger charge is -2.11. The number of sulfonamides is 1. The summed E-state index contributed by atoms with van der Waals surface area (Å²) in [4.78, 5) is 28.0. The maximum absolute atomic E-state index is 12.6. The summed E-state index contributed by atoms with van der Waals surface area (Å²) < 4.78 is 37.7. The first-order valence-corrected chi connectivity index (χ1v) is 11.2. The largest absolute Gasteiger partial charge is 0.465 e. The van der Waals surface area contributed by atoms with Crippen LogP contribution in [-0.2, 0) is 24.3 Å². The summed E-state index contributed by atoms with van der Waals surface area (Å²) in [7, 11) is -3.82. The molecule has 0 atom stereocenters. The molecule has 10 heteroatoms. The number of carbonyl (C=O) groups is 2. The highest BCUT2D eigenvalue weighted by Crippen LogP contribution is 2.16. The van der Waals surface area contributed by atoms with Crippen molar-refractivity contribution in [2.24, 2.45) is 4.99 Å². The fourth-order valence-electron chi connectivity index (χ4n) is 2.83. The number of amidine groups is 1. The van der Waals surface area contributed by atoms with E-state index in [1.165, 1.54) is 30.5 Å². The number of benzene rings is 1. The molecule has 0 saturated carbocycles. The van der Waals surface area contributed by atoms with E-state index in [1.807, 2.05) is 0 Å². The van der Waals surface area contributed by atoms with Crippen LogP contribution in [0.2, 0.25) is 0 Å². The number of furan rings is 1. The smallest absolute Gasteiger partial charge is 0.331 e. The first kappa shape index (κ1) is 22.3. The van der Waals surface area contributed by atoms with Crippen molar-refractivity contribution in [2.45, 2.75) is 30.6 Å². The maximum atomic E-state index is 12.6. The van der Waals surface area contributed by atoms with Crippen molar-refractivity contribution in [3.63, 3.8) is 0 Å². The molecule has 0 fully saturated rings. The summed E-state index contributed by atoms with van der Waals surface area (Å²) in [6, 6.07) is 9.14. The highest BCUT2D eigenvalue weighted by Gasteiger charge is 2.18. The van der Waals surface area contributed by atoms with Gasteiger partial charge in [0.15, 0.2) is 6.61 Å². The van der Waals surface area contributed by atoms with Gasteiger partial charge < -0.3 is 14.5 Å². The molecule has 1 aliphatic heterocycles. The van der Waals surface area contributed by atoms with Crippen molar-refractivity contribution in [1.29, 1.82) is 0 Å². The lowest BCUT2D eigenvalue weighted by molar-refractivity contribution is -0.142. The van der Waals surface area contributed by atoms with E-state index in [-0.39, 0.29) is 10.6 Å². The van der Waals surface area contributed by atoms with E-state index in [0.29, 0.717) is 24.6 Å². The molecule has 0 spiro atoms. The predicted molar refractivity (Wildman–Crippen MR) is 115 cm³/mol. The van der Waals surface area contributed by atoms with Crippen LogP contribution in [0, 0.1) is 0 Å². The second-order valence-corrected chi connectivity index (χ2v) is 8.46. The molecule has 2 N–H and O–H groups in total. The average Bonchev–Trinajstić information content (AvgIpc) is 3.14. The quantitative estimate of drug-likeness (QED) is 0.498. The number of esters is 1. The number of aliphatic imine (C=N–C) groups is 1. The van der Waals surface area contributed by atoms with Crippen LogP contribution in [-0.4, -0.2) is 39.3 Å². The van der Waals surface area contributed by atoms with Gasteiger partial charge in [-0.2, -0.15) is 0 Å². The Labute approximate surface area is 180 Å². The van der Waals surface area contributed by atoms with Gasteiger partial charge in [-0.3, -0.25) is 14.5 Å². The molecule has 2 heterocycles. The van der Waals surface area contributed by atoms with Gasteiger partial charge in [0.05, 0.1) is 11.2 Å². The Morgan fingerprint density at radius 2 is 2.03 bits per heavy atom. The van der Waals surface area contributed by atoms with Crippen LogP contribution in [0.5, 0.6) is 0 Å². The molecule has 2 aromatic rings. The minimum atomic E-state index is -3.82. The number of nitrogens with zero attached hydrogens (tertiary/aromatic N) is 1. The van der Waals surface area contributed by atoms with Crippen LogP contribution in [0.15, 0.2) is 63.0 Å². The van der Waals surface area contributed by atoms with Crippen molar-refractivity contribution in [2.75, 3.05) is 18.5 Å². The van der Waals surface area contributed by atoms with Gasteiger partial charge in [-0.25, -0.2) is 13.2 Å². The van der Waals surface area contributed by atoms with Gasteiger partial charge in [0.25, 0.3) is 15.9 Å². The van der Waals surface area contributed by atoms with Crippen LogP contribution in [0.3, 0.4) is 0 Å². The molecule has 9 nitrogen and oxygen atoms in total. The molecule has 3 rings (SSSR count). The van der Waals surface area contributed by atoms with Gasteiger partial charge in [0.1, 0.15) is 11.6 Å². The van der Waals surface area contributed by atoms with E-state index in [4.69, 9.17) is 9.15 Å². The maximum Gasteiger partial charge on any atom is 0.331 e. The minimum Gasteiger partial charge on any atom is -0.465 e. The van der Waals surface area contributed by atoms with Crippen LogP contribution < -0.4 is 10.0 Å². The number of ether oxygens (including phenoxy) is 1. The monoisotopic (exact) mass is 445 g/mol. The number of hydrogen-bond donors (Lipinski definition) is 2. The van der Waals surface area contributed by atoms with Crippen molar-refractivity contribution in [3.05, 3.63) is 54.5 Å². The molecular weight excluding hydrogens is 422 g/mol. The summed E-state index contributed by atoms with van der Waals surface area (Å²) >= 11 is 0. The first-order valence-electron chi connectivity index (χ1n) is 9.77. The summed E-state index contributed by atoms with van der Waals surface area (Å²) in [5, 5.41) is 2.51. The standard InChI is InChI=1S/C21H23N3O6S/c25-20(15-30-21(26)11-10-17-7-5-13-29-17)23-16-6-4-8-18(14-16)31(27,28)24-19-9-2-1-3-12-22-19/h4-8,10-11,13-14H,1-3,9,12,15H2,(H,22,24)(H,23,25)/b11-10+. The van der Waals surface area contributed by atoms with E-state index < -0.39 is 28.5 Å². The number of hydrogen-bond acceptors (Lipinski definition) is 7. The third-order valence-electron chi connectivity index (χ3n) is 4.33. The molecule has 0 aliphatic carbocycles. The van der Waals surface area contributed by atoms with Crippen LogP contribution in [0.1, 0.15) is 31.4 Å². The second-order valence-electron chi connectivity index (χ2n) is 6.78. The number of nitrogens with one attached hydrogen (secondary N) is 2. The molecule has 1 amide bonds. The third kappa shape index (κ3) is 7.10. The molecule has 0 unspecified atom stereocenters. The van der Waals surface area contributed by atoms with E-state index in [0.717, 1.165) is 25.3 Å². The number of carbonyl (C=O) groups excluding carboxylic acids is 2. The van der Waals surface area contributed by atoms with E-state index in [1.54, 1.807) is 18.2 Å². The Hall–Kier alpha value is -3.40. The van der Waals surface area contributed by atoms with Gasteiger partial charge >= 0.3 is 5.97 Å². The predicted octanol–water partition coefficient (Wildman–Crippen LogP) is 2.73. The zero-order chi connectivity index (χ0) is 22.1. The highest BCUT2D eigenvalue weighted by molar-refractivity contribution is 7.90. The lowest BCUT2D eigenvalue weighted by atomic mass is 10.2. The van der Waals surface area contributed by atoms with Gasteiger partial charge in [0, 0.05) is 24.7 Å². The van der Waals surface area contributed by atoms with Gasteiger partial charge in [-0.15, -0.1) is 0 Å². The van der Waals surface area contributed by atoms with Crippen molar-refractivity contribution in [3.8, 4) is 0 Å².